The molecule has 0 radical (unpaired) electrons. The summed E-state index contributed by atoms with van der Waals surface area (Å²) in [5, 5.41) is 15.6. The van der Waals surface area contributed by atoms with Crippen molar-refractivity contribution in [2.45, 2.75) is 19.5 Å². The summed E-state index contributed by atoms with van der Waals surface area (Å²) < 4.78 is 4.29. The molecule has 1 amide bonds. The van der Waals surface area contributed by atoms with E-state index < -0.39 is 6.04 Å². The number of fused-ring (bicyclic) bond motifs is 2. The van der Waals surface area contributed by atoms with Crippen LogP contribution in [0.4, 0.5) is 5.69 Å². The van der Waals surface area contributed by atoms with Gasteiger partial charge < -0.3 is 9.88 Å². The number of benzene rings is 3. The average molecular weight is 612 g/mol. The number of rotatable bonds is 6. The maximum atomic E-state index is 14.2. The van der Waals surface area contributed by atoms with E-state index in [0.717, 1.165) is 26.9 Å². The minimum absolute atomic E-state index is 0.198. The molecule has 9 heteroatoms. The van der Waals surface area contributed by atoms with E-state index in [-0.39, 0.29) is 11.5 Å². The van der Waals surface area contributed by atoms with E-state index in [0.29, 0.717) is 38.4 Å². The minimum Gasteiger partial charge on any atom is -0.342 e. The highest BCUT2D eigenvalue weighted by Crippen LogP contribution is 2.33. The Morgan fingerprint density at radius 3 is 2.59 bits per heavy atom. The first-order valence-corrected chi connectivity index (χ1v) is 15.7. The Balaban J connectivity index is 1.34. The van der Waals surface area contributed by atoms with Crippen LogP contribution in [-0.2, 0) is 11.3 Å². The second-order valence-electron chi connectivity index (χ2n) is 10.4. The lowest BCUT2D eigenvalue weighted by molar-refractivity contribution is -0.113. The molecule has 6 aromatic rings. The van der Waals surface area contributed by atoms with Crippen LogP contribution in [0.15, 0.2) is 124 Å². The van der Waals surface area contributed by atoms with E-state index in [4.69, 9.17) is 4.99 Å². The molecule has 1 N–H and O–H groups in total. The van der Waals surface area contributed by atoms with Crippen molar-refractivity contribution in [3.05, 3.63) is 155 Å². The lowest BCUT2D eigenvalue weighted by Gasteiger charge is -2.24. The van der Waals surface area contributed by atoms with Crippen LogP contribution < -0.4 is 20.2 Å². The molecule has 3 aromatic heterocycles. The summed E-state index contributed by atoms with van der Waals surface area (Å²) in [7, 11) is 0. The summed E-state index contributed by atoms with van der Waals surface area (Å²) >= 11 is 2.83. The maximum Gasteiger partial charge on any atom is 0.271 e. The number of carbonyl (C=O) groups excluding carboxylic acids is 1. The largest absolute Gasteiger partial charge is 0.342 e. The summed E-state index contributed by atoms with van der Waals surface area (Å²) in [6, 6.07) is 30.5. The fourth-order valence-corrected chi connectivity index (χ4v) is 7.52. The number of anilines is 1. The molecule has 0 saturated heterocycles. The molecule has 0 saturated carbocycles. The van der Waals surface area contributed by atoms with Gasteiger partial charge in [-0.3, -0.25) is 14.2 Å². The van der Waals surface area contributed by atoms with Crippen LogP contribution in [0.3, 0.4) is 0 Å². The number of thiazole rings is 1. The van der Waals surface area contributed by atoms with Gasteiger partial charge in [-0.1, -0.05) is 72.0 Å². The third kappa shape index (κ3) is 4.90. The molecule has 214 valence electrons. The van der Waals surface area contributed by atoms with Crippen molar-refractivity contribution in [3.8, 4) is 6.07 Å². The first-order valence-electron chi connectivity index (χ1n) is 14.0. The molecule has 44 heavy (non-hydrogen) atoms. The number of thiophene rings is 1. The number of allylic oxidation sites excluding steroid dienone is 1. The molecule has 0 spiro atoms. The van der Waals surface area contributed by atoms with Gasteiger partial charge in [-0.15, -0.1) is 11.3 Å². The van der Waals surface area contributed by atoms with Gasteiger partial charge in [0.15, 0.2) is 4.80 Å². The molecule has 1 aliphatic rings. The Bertz CT molecular complexity index is 2300. The smallest absolute Gasteiger partial charge is 0.271 e. The lowest BCUT2D eigenvalue weighted by Crippen LogP contribution is -2.40. The molecular formula is C35H25N5O2S2. The van der Waals surface area contributed by atoms with E-state index in [1.807, 2.05) is 116 Å². The molecule has 7 rings (SSSR count). The number of carbonyl (C=O) groups is 1. The highest BCUT2D eigenvalue weighted by atomic mass is 32.1. The number of hydrogen-bond donors (Lipinski definition) is 1. The molecule has 0 fully saturated rings. The normalized spacial score (nSPS) is 14.7. The zero-order chi connectivity index (χ0) is 30.2. The van der Waals surface area contributed by atoms with Crippen LogP contribution in [0.25, 0.3) is 17.0 Å². The zero-order valence-corrected chi connectivity index (χ0v) is 25.2. The third-order valence-electron chi connectivity index (χ3n) is 7.70. The van der Waals surface area contributed by atoms with Gasteiger partial charge in [0.2, 0.25) is 0 Å². The van der Waals surface area contributed by atoms with Crippen molar-refractivity contribution in [1.29, 1.82) is 5.26 Å². The fourth-order valence-electron chi connectivity index (χ4n) is 5.66. The van der Waals surface area contributed by atoms with Gasteiger partial charge in [0.1, 0.15) is 6.04 Å². The van der Waals surface area contributed by atoms with Crippen LogP contribution in [0.1, 0.15) is 34.5 Å². The van der Waals surface area contributed by atoms with Crippen molar-refractivity contribution in [3.63, 3.8) is 0 Å². The molecule has 4 heterocycles. The predicted molar refractivity (Wildman–Crippen MR) is 175 cm³/mol. The SMILES string of the molecule is CC1=C(C(=O)Nc2ccccc2)[C@@H](c2cccs2)n2c(s/c(=C/c3cn(Cc4ccccc4C#N)c4ccccc34)c2=O)=N1. The van der Waals surface area contributed by atoms with Crippen molar-refractivity contribution < 1.29 is 4.79 Å². The van der Waals surface area contributed by atoms with Gasteiger partial charge in [0.25, 0.3) is 11.5 Å². The molecule has 0 bridgehead atoms. The van der Waals surface area contributed by atoms with Crippen LogP contribution >= 0.6 is 22.7 Å². The lowest BCUT2D eigenvalue weighted by atomic mass is 10.0. The van der Waals surface area contributed by atoms with Gasteiger partial charge in [-0.2, -0.15) is 5.26 Å². The third-order valence-corrected chi connectivity index (χ3v) is 9.60. The topological polar surface area (TPSA) is 92.2 Å². The van der Waals surface area contributed by atoms with Gasteiger partial charge in [-0.05, 0) is 54.3 Å². The number of amides is 1. The zero-order valence-electron chi connectivity index (χ0n) is 23.6. The average Bonchev–Trinajstić information content (AvgIpc) is 3.77. The Morgan fingerprint density at radius 1 is 1.02 bits per heavy atom. The van der Waals surface area contributed by atoms with Crippen molar-refractivity contribution in [2.75, 3.05) is 5.32 Å². The molecule has 0 unspecified atom stereocenters. The summed E-state index contributed by atoms with van der Waals surface area (Å²) in [6.07, 6.45) is 3.94. The molecule has 3 aromatic carbocycles. The Labute approximate surface area is 260 Å². The number of hydrogen-bond acceptors (Lipinski definition) is 6. The van der Waals surface area contributed by atoms with E-state index >= 15 is 0 Å². The number of para-hydroxylation sites is 2. The second kappa shape index (κ2) is 11.4. The predicted octanol–water partition coefficient (Wildman–Crippen LogP) is 5.81. The molecule has 1 atom stereocenters. The summed E-state index contributed by atoms with van der Waals surface area (Å²) in [4.78, 5) is 34.1. The van der Waals surface area contributed by atoms with Gasteiger partial charge >= 0.3 is 0 Å². The Hall–Kier alpha value is -5.30. The maximum absolute atomic E-state index is 14.2. The molecule has 0 aliphatic carbocycles. The van der Waals surface area contributed by atoms with E-state index in [1.165, 1.54) is 22.7 Å². The van der Waals surface area contributed by atoms with E-state index in [9.17, 15) is 14.9 Å². The van der Waals surface area contributed by atoms with Crippen LogP contribution in [-0.4, -0.2) is 15.0 Å². The monoisotopic (exact) mass is 611 g/mol. The van der Waals surface area contributed by atoms with Crippen molar-refractivity contribution in [1.82, 2.24) is 9.13 Å². The van der Waals surface area contributed by atoms with E-state index in [1.54, 1.807) is 4.57 Å². The van der Waals surface area contributed by atoms with Gasteiger partial charge in [-0.25, -0.2) is 4.99 Å². The number of nitrogens with one attached hydrogen (secondary N) is 1. The standard InChI is InChI=1S/C35H25N5O2S2/c1-22-31(33(41)38-26-12-3-2-4-13-26)32(29-16-9-17-43-29)40-34(42)30(44-35(40)37-22)18-25-21-39(28-15-8-7-14-27(25)28)20-24-11-6-5-10-23(24)19-36/h2-18,21,32H,20H2,1H3,(H,38,41)/b30-18+/t32-/m1/s1. The van der Waals surface area contributed by atoms with Gasteiger partial charge in [0.05, 0.1) is 27.4 Å². The highest BCUT2D eigenvalue weighted by Gasteiger charge is 2.33. The van der Waals surface area contributed by atoms with Crippen molar-refractivity contribution >= 4 is 51.2 Å². The molecule has 1 aliphatic heterocycles. The van der Waals surface area contributed by atoms with E-state index in [2.05, 4.69) is 16.0 Å². The minimum atomic E-state index is -0.596. The molecular weight excluding hydrogens is 587 g/mol. The first kappa shape index (κ1) is 27.5. The Kier molecular flexibility index (Phi) is 7.14. The highest BCUT2D eigenvalue weighted by molar-refractivity contribution is 7.10. The van der Waals surface area contributed by atoms with Crippen LogP contribution in [0.5, 0.6) is 0 Å². The van der Waals surface area contributed by atoms with Crippen molar-refractivity contribution in [2.24, 2.45) is 4.99 Å². The second-order valence-corrected chi connectivity index (χ2v) is 12.4. The number of nitriles is 1. The summed E-state index contributed by atoms with van der Waals surface area (Å²) in [6.45, 7) is 2.35. The fraction of sp³-hybridized carbons (Fsp3) is 0.0857. The van der Waals surface area contributed by atoms with Crippen LogP contribution in [0, 0.1) is 11.3 Å². The summed E-state index contributed by atoms with van der Waals surface area (Å²) in [5.74, 6) is -0.286. The van der Waals surface area contributed by atoms with Crippen LogP contribution in [0.2, 0.25) is 0 Å². The first-order chi connectivity index (χ1) is 21.5. The number of nitrogens with zero attached hydrogens (tertiary/aromatic N) is 4. The number of aromatic nitrogens is 2. The Morgan fingerprint density at radius 2 is 1.80 bits per heavy atom. The van der Waals surface area contributed by atoms with Gasteiger partial charge in [0, 0.05) is 39.8 Å². The quantitative estimate of drug-likeness (QED) is 0.258. The summed E-state index contributed by atoms with van der Waals surface area (Å²) in [5.41, 5.74) is 4.97. The molecule has 7 nitrogen and oxygen atoms in total.